The van der Waals surface area contributed by atoms with Crippen LogP contribution < -0.4 is 0 Å². The van der Waals surface area contributed by atoms with E-state index in [1.54, 1.807) is 12.3 Å². The molecule has 1 heterocycles. The number of pyridine rings is 1. The molecule has 14 heavy (non-hydrogen) atoms. The van der Waals surface area contributed by atoms with Crippen LogP contribution in [0.25, 0.3) is 11.3 Å². The predicted molar refractivity (Wildman–Crippen MR) is 57.3 cm³/mol. The molecule has 0 fully saturated rings. The van der Waals surface area contributed by atoms with E-state index in [1.807, 2.05) is 18.2 Å². The van der Waals surface area contributed by atoms with Gasteiger partial charge in [0.2, 0.25) is 0 Å². The molecule has 1 nitrogen and oxygen atoms in total. The maximum Gasteiger partial charge on any atom is 0.123 e. The fourth-order valence-corrected chi connectivity index (χ4v) is 1.43. The van der Waals surface area contributed by atoms with Gasteiger partial charge in [-0.05, 0) is 40.2 Å². The molecule has 0 aliphatic carbocycles. The van der Waals surface area contributed by atoms with E-state index in [2.05, 4.69) is 20.9 Å². The molecule has 2 aromatic rings. The molecule has 0 aliphatic heterocycles. The highest BCUT2D eigenvalue weighted by molar-refractivity contribution is 9.10. The van der Waals surface area contributed by atoms with Crippen LogP contribution in [-0.2, 0) is 0 Å². The zero-order valence-corrected chi connectivity index (χ0v) is 8.83. The Bertz CT molecular complexity index is 439. The number of hydrogen-bond acceptors (Lipinski definition) is 1. The molecule has 0 spiro atoms. The highest BCUT2D eigenvalue weighted by Crippen LogP contribution is 2.19. The Labute approximate surface area is 89.7 Å². The monoisotopic (exact) mass is 251 g/mol. The van der Waals surface area contributed by atoms with Gasteiger partial charge in [-0.15, -0.1) is 0 Å². The molecule has 2 rings (SSSR count). The van der Waals surface area contributed by atoms with Crippen molar-refractivity contribution >= 4 is 15.9 Å². The lowest BCUT2D eigenvalue weighted by Crippen LogP contribution is -1.83. The summed E-state index contributed by atoms with van der Waals surface area (Å²) in [6.45, 7) is 0. The second kappa shape index (κ2) is 3.88. The summed E-state index contributed by atoms with van der Waals surface area (Å²) in [7, 11) is 0. The van der Waals surface area contributed by atoms with Gasteiger partial charge in [0.15, 0.2) is 0 Å². The summed E-state index contributed by atoms with van der Waals surface area (Å²) < 4.78 is 13.8. The van der Waals surface area contributed by atoms with Crippen LogP contribution in [0.15, 0.2) is 47.1 Å². The molecular weight excluding hydrogens is 245 g/mol. The van der Waals surface area contributed by atoms with Gasteiger partial charge in [0.25, 0.3) is 0 Å². The minimum atomic E-state index is -0.243. The van der Waals surface area contributed by atoms with E-state index in [0.29, 0.717) is 0 Å². The molecule has 0 bridgehead atoms. The first-order valence-corrected chi connectivity index (χ1v) is 4.92. The van der Waals surface area contributed by atoms with E-state index < -0.39 is 0 Å². The fraction of sp³-hybridized carbons (Fsp3) is 0. The van der Waals surface area contributed by atoms with Crippen LogP contribution in [-0.4, -0.2) is 4.98 Å². The Morgan fingerprint density at radius 3 is 2.64 bits per heavy atom. The first-order valence-electron chi connectivity index (χ1n) is 4.13. The van der Waals surface area contributed by atoms with E-state index >= 15 is 0 Å². The van der Waals surface area contributed by atoms with Crippen molar-refractivity contribution in [3.05, 3.63) is 52.9 Å². The minimum Gasteiger partial charge on any atom is -0.255 e. The van der Waals surface area contributed by atoms with Gasteiger partial charge in [0, 0.05) is 16.2 Å². The van der Waals surface area contributed by atoms with E-state index in [-0.39, 0.29) is 5.82 Å². The van der Waals surface area contributed by atoms with E-state index in [9.17, 15) is 4.39 Å². The van der Waals surface area contributed by atoms with Crippen molar-refractivity contribution in [2.24, 2.45) is 0 Å². The van der Waals surface area contributed by atoms with Gasteiger partial charge in [-0.3, -0.25) is 4.98 Å². The Kier molecular flexibility index (Phi) is 2.59. The van der Waals surface area contributed by atoms with Crippen LogP contribution in [0, 0.1) is 5.82 Å². The molecule has 0 radical (unpaired) electrons. The third-order valence-corrected chi connectivity index (χ3v) is 2.32. The molecule has 0 aliphatic rings. The molecule has 0 N–H and O–H groups in total. The number of rotatable bonds is 1. The Morgan fingerprint density at radius 1 is 1.14 bits per heavy atom. The highest BCUT2D eigenvalue weighted by atomic mass is 79.9. The average molecular weight is 252 g/mol. The van der Waals surface area contributed by atoms with Crippen molar-refractivity contribution < 1.29 is 4.39 Å². The maximum absolute atomic E-state index is 12.9. The lowest BCUT2D eigenvalue weighted by atomic mass is 10.1. The van der Waals surface area contributed by atoms with E-state index in [1.165, 1.54) is 12.1 Å². The van der Waals surface area contributed by atoms with Crippen molar-refractivity contribution in [1.29, 1.82) is 0 Å². The van der Waals surface area contributed by atoms with Crippen LogP contribution in [0.1, 0.15) is 0 Å². The van der Waals surface area contributed by atoms with Gasteiger partial charge in [-0.1, -0.05) is 12.1 Å². The summed E-state index contributed by atoms with van der Waals surface area (Å²) in [4.78, 5) is 4.18. The second-order valence-corrected chi connectivity index (χ2v) is 3.79. The molecule has 1 aromatic heterocycles. The Balaban J connectivity index is 2.44. The van der Waals surface area contributed by atoms with Crippen molar-refractivity contribution in [1.82, 2.24) is 4.98 Å². The number of hydrogen-bond donors (Lipinski definition) is 0. The van der Waals surface area contributed by atoms with Gasteiger partial charge < -0.3 is 0 Å². The van der Waals surface area contributed by atoms with Crippen LogP contribution in [0.2, 0.25) is 0 Å². The number of benzene rings is 1. The van der Waals surface area contributed by atoms with Crippen LogP contribution >= 0.6 is 15.9 Å². The molecule has 70 valence electrons. The molecule has 0 unspecified atom stereocenters. The third-order valence-electron chi connectivity index (χ3n) is 1.85. The number of nitrogens with zero attached hydrogens (tertiary/aromatic N) is 1. The predicted octanol–water partition coefficient (Wildman–Crippen LogP) is 3.65. The number of aromatic nitrogens is 1. The van der Waals surface area contributed by atoms with Crippen LogP contribution in [0.4, 0.5) is 4.39 Å². The first kappa shape index (κ1) is 9.34. The molecule has 1 aromatic carbocycles. The van der Waals surface area contributed by atoms with Crippen molar-refractivity contribution in [3.63, 3.8) is 0 Å². The molecule has 3 heteroatoms. The lowest BCUT2D eigenvalue weighted by molar-refractivity contribution is 0.628. The summed E-state index contributed by atoms with van der Waals surface area (Å²) >= 11 is 3.30. The summed E-state index contributed by atoms with van der Waals surface area (Å²) in [6, 6.07) is 10.1. The molecule has 0 saturated carbocycles. The summed E-state index contributed by atoms with van der Waals surface area (Å²) in [5.74, 6) is -0.243. The van der Waals surface area contributed by atoms with Gasteiger partial charge in [-0.25, -0.2) is 4.39 Å². The Hall–Kier alpha value is -1.22. The molecular formula is C11H7BrFN. The SMILES string of the molecule is Fc1cccc(-c2ccc(Br)cn2)c1. The van der Waals surface area contributed by atoms with Gasteiger partial charge in [-0.2, -0.15) is 0 Å². The topological polar surface area (TPSA) is 12.9 Å². The van der Waals surface area contributed by atoms with Gasteiger partial charge in [0.05, 0.1) is 5.69 Å². The van der Waals surface area contributed by atoms with Crippen molar-refractivity contribution in [2.45, 2.75) is 0 Å². The molecule has 0 amide bonds. The number of halogens is 2. The molecule has 0 saturated heterocycles. The standard InChI is InChI=1S/C11H7BrFN/c12-9-4-5-11(14-7-9)8-2-1-3-10(13)6-8/h1-7H. The van der Waals surface area contributed by atoms with E-state index in [4.69, 9.17) is 0 Å². The summed E-state index contributed by atoms with van der Waals surface area (Å²) in [5, 5.41) is 0. The lowest BCUT2D eigenvalue weighted by Gasteiger charge is -2.00. The zero-order chi connectivity index (χ0) is 9.97. The van der Waals surface area contributed by atoms with Crippen LogP contribution in [0.5, 0.6) is 0 Å². The van der Waals surface area contributed by atoms with E-state index in [0.717, 1.165) is 15.7 Å². The fourth-order valence-electron chi connectivity index (χ4n) is 1.19. The first-order chi connectivity index (χ1) is 6.75. The van der Waals surface area contributed by atoms with Crippen molar-refractivity contribution in [3.8, 4) is 11.3 Å². The maximum atomic E-state index is 12.9. The zero-order valence-electron chi connectivity index (χ0n) is 7.24. The summed E-state index contributed by atoms with van der Waals surface area (Å²) in [6.07, 6.45) is 1.69. The highest BCUT2D eigenvalue weighted by Gasteiger charge is 1.99. The average Bonchev–Trinajstić information content (AvgIpc) is 2.19. The third kappa shape index (κ3) is 1.99. The quantitative estimate of drug-likeness (QED) is 0.754. The normalized spacial score (nSPS) is 10.1. The van der Waals surface area contributed by atoms with Gasteiger partial charge in [0.1, 0.15) is 5.82 Å². The molecule has 0 atom stereocenters. The van der Waals surface area contributed by atoms with Crippen LogP contribution in [0.3, 0.4) is 0 Å². The van der Waals surface area contributed by atoms with Crippen molar-refractivity contribution in [2.75, 3.05) is 0 Å². The smallest absolute Gasteiger partial charge is 0.123 e. The summed E-state index contributed by atoms with van der Waals surface area (Å²) in [5.41, 5.74) is 1.56. The minimum absolute atomic E-state index is 0.243. The second-order valence-electron chi connectivity index (χ2n) is 2.87. The van der Waals surface area contributed by atoms with Gasteiger partial charge >= 0.3 is 0 Å². The Morgan fingerprint density at radius 2 is 2.00 bits per heavy atom. The largest absolute Gasteiger partial charge is 0.255 e.